The van der Waals surface area contributed by atoms with Gasteiger partial charge in [-0.2, -0.15) is 4.98 Å². The zero-order valence-electron chi connectivity index (χ0n) is 19.3. The van der Waals surface area contributed by atoms with Crippen LogP contribution in [0.25, 0.3) is 11.4 Å². The predicted molar refractivity (Wildman–Crippen MR) is 129 cm³/mol. The highest BCUT2D eigenvalue weighted by Gasteiger charge is 2.22. The number of ether oxygens (including phenoxy) is 2. The van der Waals surface area contributed by atoms with Crippen molar-refractivity contribution in [1.82, 2.24) is 10.1 Å². The first-order chi connectivity index (χ1) is 16.8. The maximum Gasteiger partial charge on any atom is 0.340 e. The maximum atomic E-state index is 13.0. The Morgan fingerprint density at radius 3 is 2.51 bits per heavy atom. The first-order valence-electron chi connectivity index (χ1n) is 10.6. The van der Waals surface area contributed by atoms with Gasteiger partial charge in [-0.15, -0.1) is 0 Å². The molecule has 4 aromatic rings. The molecule has 9 nitrogen and oxygen atoms in total. The number of rotatable bonds is 8. The van der Waals surface area contributed by atoms with E-state index in [1.807, 2.05) is 6.07 Å². The van der Waals surface area contributed by atoms with Crippen LogP contribution in [-0.4, -0.2) is 31.6 Å². The normalized spacial score (nSPS) is 11.2. The molecule has 0 saturated carbocycles. The minimum Gasteiger partial charge on any atom is -0.497 e. The van der Waals surface area contributed by atoms with Crippen molar-refractivity contribution in [1.29, 1.82) is 0 Å². The van der Waals surface area contributed by atoms with Gasteiger partial charge in [-0.05, 0) is 67.4 Å². The number of esters is 1. The minimum absolute atomic E-state index is 0.0521. The average molecular weight is 494 g/mol. The molecular formula is C25H23N3O6S. The molecule has 0 unspecified atom stereocenters. The lowest BCUT2D eigenvalue weighted by molar-refractivity contribution is 0.0431. The molecule has 0 radical (unpaired) electrons. The van der Waals surface area contributed by atoms with Crippen LogP contribution in [0.4, 0.5) is 5.69 Å². The SMILES string of the molecule is COc1ccc(-c2noc(COC(=O)c3ccccc3NS(=O)(=O)c3cc(C)ccc3C)n2)cc1. The Kier molecular flexibility index (Phi) is 6.83. The Labute approximate surface area is 202 Å². The van der Waals surface area contributed by atoms with Crippen LogP contribution in [0.2, 0.25) is 0 Å². The van der Waals surface area contributed by atoms with Crippen LogP contribution in [0, 0.1) is 13.8 Å². The molecule has 1 heterocycles. The van der Waals surface area contributed by atoms with E-state index in [1.165, 1.54) is 12.1 Å². The number of anilines is 1. The van der Waals surface area contributed by atoms with Gasteiger partial charge in [0.15, 0.2) is 6.61 Å². The monoisotopic (exact) mass is 493 g/mol. The predicted octanol–water partition coefficient (Wildman–Crippen LogP) is 4.52. The molecule has 0 spiro atoms. The molecule has 1 N–H and O–H groups in total. The first kappa shape index (κ1) is 24.0. The summed E-state index contributed by atoms with van der Waals surface area (Å²) in [5.41, 5.74) is 2.25. The lowest BCUT2D eigenvalue weighted by Gasteiger charge is -2.13. The Morgan fingerprint density at radius 1 is 1.03 bits per heavy atom. The van der Waals surface area contributed by atoms with Gasteiger partial charge in [-0.1, -0.05) is 29.4 Å². The number of nitrogens with zero attached hydrogens (tertiary/aromatic N) is 2. The summed E-state index contributed by atoms with van der Waals surface area (Å²) in [6.45, 7) is 3.24. The van der Waals surface area contributed by atoms with E-state index in [-0.39, 0.29) is 28.6 Å². The summed E-state index contributed by atoms with van der Waals surface area (Å²) in [6.07, 6.45) is 0. The quantitative estimate of drug-likeness (QED) is 0.356. The van der Waals surface area contributed by atoms with Crippen molar-refractivity contribution in [2.45, 2.75) is 25.3 Å². The third kappa shape index (κ3) is 5.49. The summed E-state index contributed by atoms with van der Waals surface area (Å²) in [6, 6.07) is 18.4. The molecule has 0 aliphatic carbocycles. The van der Waals surface area contributed by atoms with Crippen molar-refractivity contribution < 1.29 is 27.2 Å². The number of benzene rings is 3. The molecule has 0 aliphatic rings. The number of carbonyl (C=O) groups excluding carboxylic acids is 1. The number of nitrogens with one attached hydrogen (secondary N) is 1. The summed E-state index contributed by atoms with van der Waals surface area (Å²) < 4.78 is 44.1. The molecule has 0 bridgehead atoms. The van der Waals surface area contributed by atoms with Gasteiger partial charge in [0.1, 0.15) is 5.75 Å². The van der Waals surface area contributed by atoms with Crippen molar-refractivity contribution in [2.75, 3.05) is 11.8 Å². The highest BCUT2D eigenvalue weighted by Crippen LogP contribution is 2.24. The van der Waals surface area contributed by atoms with E-state index in [0.717, 1.165) is 5.56 Å². The Bertz CT molecular complexity index is 1460. The molecule has 4 rings (SSSR count). The van der Waals surface area contributed by atoms with Gasteiger partial charge >= 0.3 is 5.97 Å². The smallest absolute Gasteiger partial charge is 0.340 e. The highest BCUT2D eigenvalue weighted by atomic mass is 32.2. The fourth-order valence-corrected chi connectivity index (χ4v) is 4.73. The van der Waals surface area contributed by atoms with Crippen molar-refractivity contribution in [2.24, 2.45) is 0 Å². The standard InChI is InChI=1S/C25H23N3O6S/c1-16-8-9-17(2)22(14-16)35(30,31)28-21-7-5-4-6-20(21)25(29)33-15-23-26-24(27-34-23)18-10-12-19(32-3)13-11-18/h4-14,28H,15H2,1-3H3. The zero-order valence-corrected chi connectivity index (χ0v) is 20.1. The number of para-hydroxylation sites is 1. The van der Waals surface area contributed by atoms with E-state index in [0.29, 0.717) is 22.7 Å². The van der Waals surface area contributed by atoms with Crippen LogP contribution < -0.4 is 9.46 Å². The molecule has 0 aliphatic heterocycles. The fraction of sp³-hybridized carbons (Fsp3) is 0.160. The van der Waals surface area contributed by atoms with Crippen LogP contribution >= 0.6 is 0 Å². The number of aryl methyl sites for hydroxylation is 2. The first-order valence-corrected chi connectivity index (χ1v) is 12.1. The number of methoxy groups -OCH3 is 1. The number of hydrogen-bond donors (Lipinski definition) is 1. The Morgan fingerprint density at radius 2 is 1.77 bits per heavy atom. The Balaban J connectivity index is 1.48. The molecule has 0 amide bonds. The zero-order chi connectivity index (χ0) is 25.0. The number of carbonyl (C=O) groups is 1. The van der Waals surface area contributed by atoms with E-state index in [4.69, 9.17) is 14.0 Å². The number of sulfonamides is 1. The molecular weight excluding hydrogens is 470 g/mol. The topological polar surface area (TPSA) is 121 Å². The van der Waals surface area contributed by atoms with Crippen molar-refractivity contribution in [3.8, 4) is 17.1 Å². The van der Waals surface area contributed by atoms with Crippen molar-refractivity contribution >= 4 is 21.7 Å². The van der Waals surface area contributed by atoms with E-state index < -0.39 is 16.0 Å². The molecule has 0 atom stereocenters. The van der Waals surface area contributed by atoms with Gasteiger partial charge in [0.2, 0.25) is 5.82 Å². The van der Waals surface area contributed by atoms with E-state index in [1.54, 1.807) is 69.5 Å². The highest BCUT2D eigenvalue weighted by molar-refractivity contribution is 7.92. The molecule has 1 aromatic heterocycles. The van der Waals surface area contributed by atoms with Crippen LogP contribution in [0.1, 0.15) is 27.4 Å². The average Bonchev–Trinajstić information content (AvgIpc) is 3.33. The van der Waals surface area contributed by atoms with E-state index in [2.05, 4.69) is 14.9 Å². The largest absolute Gasteiger partial charge is 0.497 e. The van der Waals surface area contributed by atoms with Crippen molar-refractivity contribution in [3.63, 3.8) is 0 Å². The molecule has 10 heteroatoms. The lowest BCUT2D eigenvalue weighted by Crippen LogP contribution is -2.17. The molecule has 0 saturated heterocycles. The van der Waals surface area contributed by atoms with Gasteiger partial charge in [0, 0.05) is 5.56 Å². The summed E-state index contributed by atoms with van der Waals surface area (Å²) >= 11 is 0. The van der Waals surface area contributed by atoms with Crippen LogP contribution in [0.5, 0.6) is 5.75 Å². The number of aromatic nitrogens is 2. The second-order valence-corrected chi connectivity index (χ2v) is 9.39. The third-order valence-electron chi connectivity index (χ3n) is 5.17. The summed E-state index contributed by atoms with van der Waals surface area (Å²) in [4.78, 5) is 17.1. The molecule has 3 aromatic carbocycles. The van der Waals surface area contributed by atoms with Crippen LogP contribution in [0.15, 0.2) is 76.1 Å². The Hall–Kier alpha value is -4.18. The van der Waals surface area contributed by atoms with E-state index in [9.17, 15) is 13.2 Å². The lowest BCUT2D eigenvalue weighted by atomic mass is 10.2. The summed E-state index contributed by atoms with van der Waals surface area (Å²) in [5, 5.41) is 3.90. The van der Waals surface area contributed by atoms with Gasteiger partial charge < -0.3 is 14.0 Å². The summed E-state index contributed by atoms with van der Waals surface area (Å²) in [5.74, 6) is 0.379. The number of hydrogen-bond acceptors (Lipinski definition) is 8. The van der Waals surface area contributed by atoms with Crippen LogP contribution in [-0.2, 0) is 21.4 Å². The summed E-state index contributed by atoms with van der Waals surface area (Å²) in [7, 11) is -2.36. The fourth-order valence-electron chi connectivity index (χ4n) is 3.32. The maximum absolute atomic E-state index is 13.0. The van der Waals surface area contributed by atoms with Gasteiger partial charge in [0.05, 0.1) is 23.3 Å². The second-order valence-electron chi connectivity index (χ2n) is 7.74. The van der Waals surface area contributed by atoms with Gasteiger partial charge in [-0.3, -0.25) is 4.72 Å². The molecule has 35 heavy (non-hydrogen) atoms. The van der Waals surface area contributed by atoms with Gasteiger partial charge in [-0.25, -0.2) is 13.2 Å². The molecule has 180 valence electrons. The third-order valence-corrected chi connectivity index (χ3v) is 6.68. The van der Waals surface area contributed by atoms with Gasteiger partial charge in [0.25, 0.3) is 15.9 Å². The van der Waals surface area contributed by atoms with E-state index >= 15 is 0 Å². The molecule has 0 fully saturated rings. The second kappa shape index (κ2) is 9.98. The van der Waals surface area contributed by atoms with Crippen LogP contribution in [0.3, 0.4) is 0 Å². The van der Waals surface area contributed by atoms with Crippen molar-refractivity contribution in [3.05, 3.63) is 89.3 Å². The minimum atomic E-state index is -3.93.